The standard InChI is InChI=1S/C23H25ClF2N4O5S2/c1-37(33,34)20-8-13(2-7-19(20)26)21(31)30-22(36)28-16-3-5-17(6-4-16)29-23(32)35-12-27-18-10-14(24)9-15(25)11-18/h2,7-11,16-17,27H,3-6,12H2,1H3,(H,29,32)(H2,28,30,31,36). The second-order valence-electron chi connectivity index (χ2n) is 8.45. The number of hydrogen-bond acceptors (Lipinski definition) is 7. The Morgan fingerprint density at radius 1 is 1.05 bits per heavy atom. The highest BCUT2D eigenvalue weighted by molar-refractivity contribution is 7.90. The Balaban J connectivity index is 1.38. The van der Waals surface area contributed by atoms with Crippen molar-refractivity contribution in [3.05, 3.63) is 58.6 Å². The maximum absolute atomic E-state index is 13.8. The van der Waals surface area contributed by atoms with Crippen molar-refractivity contribution in [1.29, 1.82) is 0 Å². The first-order valence-corrected chi connectivity index (χ1v) is 13.8. The topological polar surface area (TPSA) is 126 Å². The molecule has 4 N–H and O–H groups in total. The third-order valence-corrected chi connectivity index (χ3v) is 7.10. The number of sulfone groups is 1. The largest absolute Gasteiger partial charge is 0.428 e. The van der Waals surface area contributed by atoms with Crippen LogP contribution in [-0.4, -0.2) is 50.6 Å². The van der Waals surface area contributed by atoms with Crippen LogP contribution in [0, 0.1) is 11.6 Å². The highest BCUT2D eigenvalue weighted by Crippen LogP contribution is 2.20. The van der Waals surface area contributed by atoms with E-state index in [-0.39, 0.29) is 34.5 Å². The number of thiocarbonyl (C=S) groups is 1. The van der Waals surface area contributed by atoms with Gasteiger partial charge in [0.05, 0.1) is 0 Å². The Hall–Kier alpha value is -3.03. The smallest absolute Gasteiger partial charge is 0.409 e. The number of halogens is 3. The molecule has 0 spiro atoms. The van der Waals surface area contributed by atoms with Crippen LogP contribution in [0.15, 0.2) is 41.3 Å². The van der Waals surface area contributed by atoms with Gasteiger partial charge in [0, 0.05) is 34.6 Å². The molecule has 1 fully saturated rings. The van der Waals surface area contributed by atoms with Crippen molar-refractivity contribution in [3.8, 4) is 0 Å². The van der Waals surface area contributed by atoms with E-state index in [9.17, 15) is 26.8 Å². The Labute approximate surface area is 223 Å². The number of amides is 2. The number of alkyl carbamates (subject to hydrolysis) is 1. The van der Waals surface area contributed by atoms with Crippen LogP contribution in [0.25, 0.3) is 0 Å². The fraction of sp³-hybridized carbons (Fsp3) is 0.348. The van der Waals surface area contributed by atoms with Crippen molar-refractivity contribution >= 4 is 56.5 Å². The first-order valence-electron chi connectivity index (χ1n) is 11.2. The van der Waals surface area contributed by atoms with Crippen LogP contribution in [0.2, 0.25) is 5.02 Å². The highest BCUT2D eigenvalue weighted by atomic mass is 35.5. The minimum atomic E-state index is -3.84. The van der Waals surface area contributed by atoms with Crippen molar-refractivity contribution in [2.45, 2.75) is 42.7 Å². The minimum absolute atomic E-state index is 0.0487. The van der Waals surface area contributed by atoms with Gasteiger partial charge in [-0.25, -0.2) is 22.0 Å². The Morgan fingerprint density at radius 3 is 2.32 bits per heavy atom. The Bertz CT molecular complexity index is 1270. The van der Waals surface area contributed by atoms with Crippen LogP contribution in [-0.2, 0) is 14.6 Å². The molecular formula is C23H25ClF2N4O5S2. The zero-order chi connectivity index (χ0) is 27.2. The van der Waals surface area contributed by atoms with E-state index in [0.717, 1.165) is 24.5 Å². The average Bonchev–Trinajstić information content (AvgIpc) is 2.79. The number of rotatable bonds is 7. The van der Waals surface area contributed by atoms with Crippen LogP contribution in [0.3, 0.4) is 0 Å². The normalized spacial score (nSPS) is 17.4. The van der Waals surface area contributed by atoms with Gasteiger partial charge in [-0.3, -0.25) is 10.1 Å². The van der Waals surface area contributed by atoms with Gasteiger partial charge in [-0.05, 0) is 74.3 Å². The van der Waals surface area contributed by atoms with Crippen LogP contribution in [0.4, 0.5) is 19.3 Å². The second-order valence-corrected chi connectivity index (χ2v) is 11.3. The molecule has 0 aliphatic heterocycles. The van der Waals surface area contributed by atoms with E-state index in [1.165, 1.54) is 18.2 Å². The molecule has 0 heterocycles. The molecule has 2 aromatic carbocycles. The first kappa shape index (κ1) is 28.5. The Kier molecular flexibility index (Phi) is 9.62. The van der Waals surface area contributed by atoms with Crippen molar-refractivity contribution in [2.75, 3.05) is 18.3 Å². The van der Waals surface area contributed by atoms with E-state index in [1.54, 1.807) is 0 Å². The molecule has 200 valence electrons. The molecule has 0 saturated heterocycles. The minimum Gasteiger partial charge on any atom is -0.428 e. The number of anilines is 1. The van der Waals surface area contributed by atoms with E-state index >= 15 is 0 Å². The molecule has 9 nitrogen and oxygen atoms in total. The molecule has 0 atom stereocenters. The van der Waals surface area contributed by atoms with Crippen LogP contribution in [0.1, 0.15) is 36.0 Å². The van der Waals surface area contributed by atoms with E-state index in [2.05, 4.69) is 21.3 Å². The molecular weight excluding hydrogens is 550 g/mol. The fourth-order valence-corrected chi connectivity index (χ4v) is 5.00. The molecule has 1 aliphatic carbocycles. The number of carbonyl (C=O) groups excluding carboxylic acids is 2. The van der Waals surface area contributed by atoms with Crippen molar-refractivity contribution < 1.29 is 31.5 Å². The third-order valence-electron chi connectivity index (χ3n) is 5.55. The number of carbonyl (C=O) groups is 2. The molecule has 2 aromatic rings. The molecule has 0 radical (unpaired) electrons. The van der Waals surface area contributed by atoms with Crippen molar-refractivity contribution in [3.63, 3.8) is 0 Å². The Morgan fingerprint density at radius 2 is 1.70 bits per heavy atom. The summed E-state index contributed by atoms with van der Waals surface area (Å²) >= 11 is 11.0. The molecule has 0 aromatic heterocycles. The molecule has 37 heavy (non-hydrogen) atoms. The van der Waals surface area contributed by atoms with E-state index < -0.39 is 38.4 Å². The summed E-state index contributed by atoms with van der Waals surface area (Å²) in [5.74, 6) is -2.13. The van der Waals surface area contributed by atoms with Gasteiger partial charge in [0.1, 0.15) is 16.5 Å². The lowest BCUT2D eigenvalue weighted by molar-refractivity contribution is 0.0975. The lowest BCUT2D eigenvalue weighted by Crippen LogP contribution is -2.48. The maximum atomic E-state index is 13.8. The summed E-state index contributed by atoms with van der Waals surface area (Å²) in [6.45, 7) is -0.170. The van der Waals surface area contributed by atoms with E-state index in [1.807, 2.05) is 0 Å². The number of hydrogen-bond donors (Lipinski definition) is 4. The first-order chi connectivity index (χ1) is 17.4. The zero-order valence-electron chi connectivity index (χ0n) is 19.6. The lowest BCUT2D eigenvalue weighted by Gasteiger charge is -2.30. The molecule has 3 rings (SSSR count). The predicted molar refractivity (Wildman–Crippen MR) is 138 cm³/mol. The van der Waals surface area contributed by atoms with Gasteiger partial charge in [-0.2, -0.15) is 0 Å². The zero-order valence-corrected chi connectivity index (χ0v) is 22.0. The van der Waals surface area contributed by atoms with Crippen molar-refractivity contribution in [1.82, 2.24) is 16.0 Å². The van der Waals surface area contributed by atoms with Gasteiger partial charge in [0.25, 0.3) is 5.91 Å². The summed E-state index contributed by atoms with van der Waals surface area (Å²) in [5, 5.41) is 11.3. The van der Waals surface area contributed by atoms with Crippen LogP contribution < -0.4 is 21.3 Å². The van der Waals surface area contributed by atoms with Gasteiger partial charge in [0.2, 0.25) is 0 Å². The summed E-state index contributed by atoms with van der Waals surface area (Å²) < 4.78 is 55.5. The number of benzene rings is 2. The predicted octanol–water partition coefficient (Wildman–Crippen LogP) is 3.73. The summed E-state index contributed by atoms with van der Waals surface area (Å²) in [7, 11) is -3.84. The van der Waals surface area contributed by atoms with E-state index in [0.29, 0.717) is 31.4 Å². The summed E-state index contributed by atoms with van der Waals surface area (Å²) in [6.07, 6.45) is 2.79. The summed E-state index contributed by atoms with van der Waals surface area (Å²) in [6, 6.07) is 6.75. The maximum Gasteiger partial charge on any atom is 0.409 e. The summed E-state index contributed by atoms with van der Waals surface area (Å²) in [5.41, 5.74) is 0.329. The van der Waals surface area contributed by atoms with E-state index in [4.69, 9.17) is 28.6 Å². The summed E-state index contributed by atoms with van der Waals surface area (Å²) in [4.78, 5) is 23.9. The molecule has 0 unspecified atom stereocenters. The number of nitrogens with one attached hydrogen (secondary N) is 4. The molecule has 2 amide bonds. The molecule has 1 saturated carbocycles. The van der Waals surface area contributed by atoms with Gasteiger partial charge < -0.3 is 20.7 Å². The van der Waals surface area contributed by atoms with Gasteiger partial charge in [-0.15, -0.1) is 0 Å². The quantitative estimate of drug-likeness (QED) is 0.291. The van der Waals surface area contributed by atoms with Crippen LogP contribution in [0.5, 0.6) is 0 Å². The highest BCUT2D eigenvalue weighted by Gasteiger charge is 2.24. The third kappa shape index (κ3) is 8.79. The molecule has 1 aliphatic rings. The van der Waals surface area contributed by atoms with Gasteiger partial charge in [-0.1, -0.05) is 11.6 Å². The molecule has 14 heteroatoms. The monoisotopic (exact) mass is 574 g/mol. The van der Waals surface area contributed by atoms with Gasteiger partial charge in [0.15, 0.2) is 21.7 Å². The van der Waals surface area contributed by atoms with Crippen molar-refractivity contribution in [2.24, 2.45) is 0 Å². The number of ether oxygens (including phenoxy) is 1. The fourth-order valence-electron chi connectivity index (χ4n) is 3.76. The average molecular weight is 575 g/mol. The van der Waals surface area contributed by atoms with Gasteiger partial charge >= 0.3 is 6.09 Å². The lowest BCUT2D eigenvalue weighted by atomic mass is 9.91. The molecule has 0 bridgehead atoms. The second kappa shape index (κ2) is 12.5. The van der Waals surface area contributed by atoms with Crippen LogP contribution >= 0.6 is 23.8 Å². The SMILES string of the molecule is CS(=O)(=O)c1cc(C(=O)NC(=S)NC2CCC(NC(=O)OCNc3cc(F)cc(Cl)c3)CC2)ccc1F.